The number of hydrogen-bond donors (Lipinski definition) is 2. The van der Waals surface area contributed by atoms with Crippen molar-refractivity contribution < 1.29 is 9.63 Å². The van der Waals surface area contributed by atoms with E-state index in [-0.39, 0.29) is 5.91 Å². The topological polar surface area (TPSA) is 93.9 Å². The molecule has 1 amide bonds. The van der Waals surface area contributed by atoms with Crippen molar-refractivity contribution in [2.24, 2.45) is 16.5 Å². The fraction of sp³-hybridized carbons (Fsp3) is 0.429. The van der Waals surface area contributed by atoms with Crippen LogP contribution in [-0.4, -0.2) is 36.5 Å². The SMILES string of the molecule is CCCN(OCCN)C(=O)C1=Cc2sccc2N=C(N)C1. The molecule has 0 radical (unpaired) electrons. The van der Waals surface area contributed by atoms with Gasteiger partial charge in [-0.25, -0.2) is 10.1 Å². The second-order valence-electron chi connectivity index (χ2n) is 4.65. The van der Waals surface area contributed by atoms with E-state index in [1.165, 1.54) is 16.4 Å². The van der Waals surface area contributed by atoms with E-state index in [1.54, 1.807) is 0 Å². The van der Waals surface area contributed by atoms with Crippen molar-refractivity contribution in [2.45, 2.75) is 19.8 Å². The Hall–Kier alpha value is -1.70. The second kappa shape index (κ2) is 7.35. The van der Waals surface area contributed by atoms with E-state index in [0.717, 1.165) is 17.0 Å². The Morgan fingerprint density at radius 1 is 1.57 bits per heavy atom. The van der Waals surface area contributed by atoms with E-state index >= 15 is 0 Å². The smallest absolute Gasteiger partial charge is 0.273 e. The lowest BCUT2D eigenvalue weighted by molar-refractivity contribution is -0.181. The molecule has 0 atom stereocenters. The van der Waals surface area contributed by atoms with Gasteiger partial charge in [0.25, 0.3) is 5.91 Å². The summed E-state index contributed by atoms with van der Waals surface area (Å²) < 4.78 is 0. The van der Waals surface area contributed by atoms with Crippen LogP contribution in [0.3, 0.4) is 0 Å². The van der Waals surface area contributed by atoms with Crippen molar-refractivity contribution in [3.63, 3.8) is 0 Å². The molecule has 0 saturated carbocycles. The van der Waals surface area contributed by atoms with Gasteiger partial charge in [-0.3, -0.25) is 9.63 Å². The van der Waals surface area contributed by atoms with Crippen molar-refractivity contribution in [3.8, 4) is 0 Å². The monoisotopic (exact) mass is 308 g/mol. The molecule has 0 fully saturated rings. The lowest BCUT2D eigenvalue weighted by Crippen LogP contribution is -2.35. The Balaban J connectivity index is 2.23. The van der Waals surface area contributed by atoms with Gasteiger partial charge in [0.15, 0.2) is 0 Å². The van der Waals surface area contributed by atoms with Crippen molar-refractivity contribution in [2.75, 3.05) is 19.7 Å². The number of nitrogens with zero attached hydrogens (tertiary/aromatic N) is 2. The third-order valence-electron chi connectivity index (χ3n) is 2.91. The van der Waals surface area contributed by atoms with Crippen LogP contribution in [-0.2, 0) is 9.63 Å². The number of carbonyl (C=O) groups excluding carboxylic acids is 1. The van der Waals surface area contributed by atoms with Crippen LogP contribution in [0, 0.1) is 0 Å². The van der Waals surface area contributed by atoms with Crippen LogP contribution in [0.4, 0.5) is 5.69 Å². The summed E-state index contributed by atoms with van der Waals surface area (Å²) >= 11 is 1.53. The first-order valence-electron chi connectivity index (χ1n) is 6.91. The number of hydrogen-bond acceptors (Lipinski definition) is 6. The standard InChI is InChI=1S/C14H20N4O2S/c1-2-5-18(20-6-4-15)14(19)10-8-12-11(3-7-21-12)17-13(16)9-10/h3,7-8H,2,4-6,9,15H2,1H3,(H2,16,17). The zero-order valence-electron chi connectivity index (χ0n) is 12.0. The van der Waals surface area contributed by atoms with Gasteiger partial charge in [-0.1, -0.05) is 6.92 Å². The number of hydroxylamine groups is 2. The number of carbonyl (C=O) groups is 1. The van der Waals surface area contributed by atoms with Gasteiger partial charge in [0.1, 0.15) is 5.84 Å². The number of aliphatic imine (C=N–C) groups is 1. The highest BCUT2D eigenvalue weighted by atomic mass is 32.1. The lowest BCUT2D eigenvalue weighted by Gasteiger charge is -2.22. The Morgan fingerprint density at radius 2 is 2.38 bits per heavy atom. The summed E-state index contributed by atoms with van der Waals surface area (Å²) in [5.74, 6) is 0.256. The molecule has 0 saturated heterocycles. The van der Waals surface area contributed by atoms with E-state index in [9.17, 15) is 4.79 Å². The molecule has 0 aliphatic carbocycles. The summed E-state index contributed by atoms with van der Waals surface area (Å²) in [4.78, 5) is 23.3. The predicted octanol–water partition coefficient (Wildman–Crippen LogP) is 1.65. The van der Waals surface area contributed by atoms with Crippen molar-refractivity contribution in [3.05, 3.63) is 21.9 Å². The number of thiophene rings is 1. The van der Waals surface area contributed by atoms with Crippen LogP contribution in [0.15, 0.2) is 22.0 Å². The molecule has 0 unspecified atom stereocenters. The second-order valence-corrected chi connectivity index (χ2v) is 5.60. The summed E-state index contributed by atoms with van der Waals surface area (Å²) in [6.45, 7) is 3.18. The molecule has 1 aromatic heterocycles. The van der Waals surface area contributed by atoms with Gasteiger partial charge in [-0.05, 0) is 23.9 Å². The Bertz CT molecular complexity index is 565. The first-order valence-corrected chi connectivity index (χ1v) is 7.79. The molecule has 1 aliphatic rings. The molecule has 0 bridgehead atoms. The number of amidine groups is 1. The first-order chi connectivity index (χ1) is 10.2. The molecule has 0 aromatic carbocycles. The highest BCUT2D eigenvalue weighted by Crippen LogP contribution is 2.31. The van der Waals surface area contributed by atoms with Gasteiger partial charge >= 0.3 is 0 Å². The van der Waals surface area contributed by atoms with E-state index in [1.807, 2.05) is 24.4 Å². The molecule has 7 heteroatoms. The zero-order valence-corrected chi connectivity index (χ0v) is 12.9. The zero-order chi connectivity index (χ0) is 15.2. The van der Waals surface area contributed by atoms with Crippen LogP contribution in [0.1, 0.15) is 24.6 Å². The van der Waals surface area contributed by atoms with E-state index in [0.29, 0.717) is 37.5 Å². The molecule has 6 nitrogen and oxygen atoms in total. The summed E-state index contributed by atoms with van der Waals surface area (Å²) in [5, 5.41) is 3.30. The van der Waals surface area contributed by atoms with Crippen LogP contribution in [0.2, 0.25) is 0 Å². The van der Waals surface area contributed by atoms with Crippen molar-refractivity contribution in [1.29, 1.82) is 0 Å². The molecule has 21 heavy (non-hydrogen) atoms. The maximum absolute atomic E-state index is 12.6. The largest absolute Gasteiger partial charge is 0.387 e. The maximum atomic E-state index is 12.6. The third-order valence-corrected chi connectivity index (χ3v) is 3.76. The van der Waals surface area contributed by atoms with E-state index < -0.39 is 0 Å². The van der Waals surface area contributed by atoms with Gasteiger partial charge in [-0.2, -0.15) is 0 Å². The molecule has 1 aliphatic heterocycles. The minimum Gasteiger partial charge on any atom is -0.387 e. The van der Waals surface area contributed by atoms with Gasteiger partial charge in [0.2, 0.25) is 0 Å². The fourth-order valence-corrected chi connectivity index (χ4v) is 2.79. The summed E-state index contributed by atoms with van der Waals surface area (Å²) in [7, 11) is 0. The van der Waals surface area contributed by atoms with Crippen molar-refractivity contribution in [1.82, 2.24) is 5.06 Å². The van der Waals surface area contributed by atoms with Gasteiger partial charge in [0, 0.05) is 25.1 Å². The van der Waals surface area contributed by atoms with Gasteiger partial charge < -0.3 is 11.5 Å². The summed E-state index contributed by atoms with van der Waals surface area (Å²) in [6.07, 6.45) is 2.98. The highest BCUT2D eigenvalue weighted by molar-refractivity contribution is 7.11. The molecular weight excluding hydrogens is 288 g/mol. The minimum absolute atomic E-state index is 0.176. The molecule has 114 valence electrons. The van der Waals surface area contributed by atoms with E-state index in [2.05, 4.69) is 4.99 Å². The van der Waals surface area contributed by atoms with Gasteiger partial charge in [0.05, 0.1) is 17.2 Å². The Kier molecular flexibility index (Phi) is 5.49. The van der Waals surface area contributed by atoms with Crippen LogP contribution in [0.5, 0.6) is 0 Å². The average molecular weight is 308 g/mol. The minimum atomic E-state index is -0.176. The lowest BCUT2D eigenvalue weighted by atomic mass is 10.1. The average Bonchev–Trinajstić information content (AvgIpc) is 2.82. The normalized spacial score (nSPS) is 14.0. The predicted molar refractivity (Wildman–Crippen MR) is 85.2 cm³/mol. The Labute approximate surface area is 128 Å². The number of nitrogens with two attached hydrogens (primary N) is 2. The third kappa shape index (κ3) is 3.90. The summed E-state index contributed by atoms with van der Waals surface area (Å²) in [5.41, 5.74) is 12.7. The molecule has 2 rings (SSSR count). The molecular formula is C14H20N4O2S. The fourth-order valence-electron chi connectivity index (χ4n) is 2.00. The molecule has 0 spiro atoms. The maximum Gasteiger partial charge on any atom is 0.273 e. The Morgan fingerprint density at radius 3 is 3.10 bits per heavy atom. The van der Waals surface area contributed by atoms with Crippen LogP contribution < -0.4 is 11.5 Å². The molecule has 2 heterocycles. The quantitative estimate of drug-likeness (QED) is 0.781. The highest BCUT2D eigenvalue weighted by Gasteiger charge is 2.22. The van der Waals surface area contributed by atoms with E-state index in [4.69, 9.17) is 16.3 Å². The number of fused-ring (bicyclic) bond motifs is 1. The molecule has 4 N–H and O–H groups in total. The van der Waals surface area contributed by atoms with Gasteiger partial charge in [-0.15, -0.1) is 11.3 Å². The van der Waals surface area contributed by atoms with Crippen molar-refractivity contribution >= 4 is 34.8 Å². The number of amides is 1. The first kappa shape index (κ1) is 15.7. The van der Waals surface area contributed by atoms with Crippen LogP contribution in [0.25, 0.3) is 6.08 Å². The molecule has 1 aromatic rings. The van der Waals surface area contributed by atoms with Crippen LogP contribution >= 0.6 is 11.3 Å². The summed E-state index contributed by atoms with van der Waals surface area (Å²) in [6, 6.07) is 1.89. The number of rotatable bonds is 6.